The van der Waals surface area contributed by atoms with Crippen LogP contribution in [0.2, 0.25) is 0 Å². The normalized spacial score (nSPS) is 18.0. The monoisotopic (exact) mass is 674 g/mol. The van der Waals surface area contributed by atoms with Gasteiger partial charge in [-0.3, -0.25) is 19.3 Å². The molecule has 0 saturated carbocycles. The molecule has 15 nitrogen and oxygen atoms in total. The van der Waals surface area contributed by atoms with Crippen molar-refractivity contribution >= 4 is 63.6 Å². The number of carbonyl (C=O) groups excluding carboxylic acids is 3. The summed E-state index contributed by atoms with van der Waals surface area (Å²) in [6.07, 6.45) is 7.46. The van der Waals surface area contributed by atoms with Gasteiger partial charge in [-0.15, -0.1) is 23.1 Å². The van der Waals surface area contributed by atoms with E-state index in [1.54, 1.807) is 29.1 Å². The van der Waals surface area contributed by atoms with E-state index in [9.17, 15) is 34.2 Å². The molecule has 0 spiro atoms. The number of anilines is 1. The number of rotatable bonds is 15. The standard InChI is InChI=1S/C29H35N7O8S2/c1-4-5-6-7-10-31-22(37)16-9-8-11-35(12-16)13-17-14-45-25-20(24(39)36(25)21(17)26(40)41)33-23(38)19(18-15-46-28(30)32-18)34-44-29(2,3)27(42)43/h8-9,11-12,15,20,25H,4-7,10,13-14H2,1-3H3,(H5-,30,31,32,33,37,38,40,41,42,43)/p+1/b34-19-/t20-,25-/m1/s1. The molecule has 0 radical (unpaired) electrons. The molecule has 4 heterocycles. The number of carboxylic acids is 2. The number of unbranched alkanes of at least 4 members (excludes halogenated alkanes) is 3. The molecule has 2 aliphatic heterocycles. The number of β-lactam (4-membered cyclic amide) rings is 1. The van der Waals surface area contributed by atoms with E-state index in [1.165, 1.54) is 31.0 Å². The molecular formula is C29H36N7O8S2+. The van der Waals surface area contributed by atoms with Gasteiger partial charge in [-0.1, -0.05) is 31.3 Å². The van der Waals surface area contributed by atoms with Gasteiger partial charge < -0.3 is 31.4 Å². The second kappa shape index (κ2) is 14.7. The number of carbonyl (C=O) groups is 5. The smallest absolute Gasteiger partial charge is 0.352 e. The number of nitrogens with zero attached hydrogens (tertiary/aromatic N) is 4. The molecule has 3 amide bonds. The van der Waals surface area contributed by atoms with E-state index in [2.05, 4.69) is 27.7 Å². The van der Waals surface area contributed by atoms with Crippen molar-refractivity contribution in [3.05, 3.63) is 52.4 Å². The first-order valence-electron chi connectivity index (χ1n) is 14.5. The number of carboxylic acid groups (broad SMARTS) is 2. The molecule has 1 saturated heterocycles. The average molecular weight is 675 g/mol. The topological polar surface area (TPSA) is 217 Å². The molecule has 0 aromatic carbocycles. The molecular weight excluding hydrogens is 638 g/mol. The molecule has 0 unspecified atom stereocenters. The van der Waals surface area contributed by atoms with E-state index < -0.39 is 46.5 Å². The lowest BCUT2D eigenvalue weighted by Gasteiger charge is -2.49. The van der Waals surface area contributed by atoms with Gasteiger partial charge >= 0.3 is 11.9 Å². The highest BCUT2D eigenvalue weighted by atomic mass is 32.2. The Morgan fingerprint density at radius 2 is 2.00 bits per heavy atom. The molecule has 4 rings (SSSR count). The number of fused-ring (bicyclic) bond motifs is 1. The van der Waals surface area contributed by atoms with Crippen LogP contribution in [0.3, 0.4) is 0 Å². The lowest BCUT2D eigenvalue weighted by Crippen LogP contribution is -2.71. The second-order valence-corrected chi connectivity index (χ2v) is 13.1. The van der Waals surface area contributed by atoms with E-state index in [1.807, 2.05) is 0 Å². The van der Waals surface area contributed by atoms with Crippen LogP contribution in [0, 0.1) is 0 Å². The van der Waals surface area contributed by atoms with Gasteiger partial charge in [0.1, 0.15) is 28.4 Å². The Morgan fingerprint density at radius 3 is 2.65 bits per heavy atom. The second-order valence-electron chi connectivity index (χ2n) is 11.1. The number of aromatic nitrogens is 2. The lowest BCUT2D eigenvalue weighted by atomic mass is 10.0. The highest BCUT2D eigenvalue weighted by Gasteiger charge is 2.55. The first-order chi connectivity index (χ1) is 21.8. The van der Waals surface area contributed by atoms with Gasteiger partial charge in [0.05, 0.1) is 0 Å². The van der Waals surface area contributed by atoms with Crippen LogP contribution in [0.5, 0.6) is 0 Å². The molecule has 2 aromatic heterocycles. The summed E-state index contributed by atoms with van der Waals surface area (Å²) in [5, 5.41) is 29.5. The first-order valence-corrected chi connectivity index (χ1v) is 16.5. The highest BCUT2D eigenvalue weighted by Crippen LogP contribution is 2.40. The number of aliphatic carboxylic acids is 2. The minimum absolute atomic E-state index is 0.0129. The lowest BCUT2D eigenvalue weighted by molar-refractivity contribution is -0.689. The van der Waals surface area contributed by atoms with Crippen LogP contribution in [0.1, 0.15) is 62.5 Å². The van der Waals surface area contributed by atoms with Gasteiger partial charge in [-0.25, -0.2) is 19.1 Å². The van der Waals surface area contributed by atoms with Crippen LogP contribution in [0.4, 0.5) is 5.13 Å². The van der Waals surface area contributed by atoms with Gasteiger partial charge in [0.2, 0.25) is 5.60 Å². The van der Waals surface area contributed by atoms with E-state index in [0.717, 1.165) is 41.9 Å². The molecule has 17 heteroatoms. The Bertz CT molecular complexity index is 1590. The van der Waals surface area contributed by atoms with Crippen molar-refractivity contribution < 1.29 is 43.6 Å². The maximum atomic E-state index is 13.3. The van der Waals surface area contributed by atoms with Gasteiger partial charge in [0.15, 0.2) is 29.8 Å². The van der Waals surface area contributed by atoms with Crippen LogP contribution in [-0.4, -0.2) is 84.8 Å². The molecule has 46 heavy (non-hydrogen) atoms. The fourth-order valence-corrected chi connectivity index (χ4v) is 6.53. The Labute approximate surface area is 272 Å². The number of thiazole rings is 1. The summed E-state index contributed by atoms with van der Waals surface area (Å²) in [4.78, 5) is 73.4. The Morgan fingerprint density at radius 1 is 1.24 bits per heavy atom. The van der Waals surface area contributed by atoms with Gasteiger partial charge in [-0.2, -0.15) is 0 Å². The molecule has 1 fully saturated rings. The van der Waals surface area contributed by atoms with E-state index in [0.29, 0.717) is 17.7 Å². The average Bonchev–Trinajstić information content (AvgIpc) is 3.44. The zero-order valence-corrected chi connectivity index (χ0v) is 27.2. The zero-order valence-electron chi connectivity index (χ0n) is 25.5. The summed E-state index contributed by atoms with van der Waals surface area (Å²) in [6.45, 7) is 5.29. The van der Waals surface area contributed by atoms with Crippen LogP contribution in [-0.2, 0) is 30.6 Å². The maximum absolute atomic E-state index is 13.3. The Kier molecular flexibility index (Phi) is 11.0. The van der Waals surface area contributed by atoms with Crippen molar-refractivity contribution in [2.24, 2.45) is 5.16 Å². The van der Waals surface area contributed by atoms with E-state index in [4.69, 9.17) is 10.6 Å². The summed E-state index contributed by atoms with van der Waals surface area (Å²) in [7, 11) is 0. The van der Waals surface area contributed by atoms with Gasteiger partial charge in [0, 0.05) is 29.3 Å². The number of pyridine rings is 1. The third kappa shape index (κ3) is 7.82. The van der Waals surface area contributed by atoms with Crippen molar-refractivity contribution in [2.75, 3.05) is 18.0 Å². The first kappa shape index (κ1) is 34.4. The van der Waals surface area contributed by atoms with Crippen molar-refractivity contribution in [3.63, 3.8) is 0 Å². The number of oxime groups is 1. The van der Waals surface area contributed by atoms with Crippen LogP contribution in [0.25, 0.3) is 0 Å². The number of hydrogen-bond acceptors (Lipinski definition) is 11. The summed E-state index contributed by atoms with van der Waals surface area (Å²) >= 11 is 2.29. The van der Waals surface area contributed by atoms with Crippen LogP contribution < -0.4 is 20.9 Å². The van der Waals surface area contributed by atoms with Crippen molar-refractivity contribution in [1.29, 1.82) is 0 Å². The van der Waals surface area contributed by atoms with E-state index in [-0.39, 0.29) is 34.7 Å². The van der Waals surface area contributed by atoms with Crippen LogP contribution >= 0.6 is 23.1 Å². The van der Waals surface area contributed by atoms with Crippen LogP contribution in [0.15, 0.2) is 46.3 Å². The minimum atomic E-state index is -1.78. The molecule has 2 aliphatic rings. The highest BCUT2D eigenvalue weighted by molar-refractivity contribution is 8.00. The quantitative estimate of drug-likeness (QED) is 0.0597. The fraction of sp³-hybridized carbons (Fsp3) is 0.448. The molecule has 0 bridgehead atoms. The van der Waals surface area contributed by atoms with Crippen molar-refractivity contribution in [3.8, 4) is 0 Å². The SMILES string of the molecule is CCCCCCNC(=O)c1ccc[n+](CC2=C(C(=O)O)N3C(=O)[C@@H](NC(=O)/C(=N\OC(C)(C)C(=O)O)c4csc(N)n4)[C@H]3SC2)c1. The fourth-order valence-electron chi connectivity index (χ4n) is 4.64. The van der Waals surface area contributed by atoms with Gasteiger partial charge in [0.25, 0.3) is 17.7 Å². The van der Waals surface area contributed by atoms with Crippen molar-refractivity contribution in [1.82, 2.24) is 20.5 Å². The van der Waals surface area contributed by atoms with Crippen molar-refractivity contribution in [2.45, 2.75) is 70.0 Å². The zero-order chi connectivity index (χ0) is 33.6. The molecule has 2 atom stereocenters. The number of amides is 3. The summed E-state index contributed by atoms with van der Waals surface area (Å²) in [6, 6.07) is 2.27. The third-order valence-electron chi connectivity index (χ3n) is 7.21. The van der Waals surface area contributed by atoms with E-state index >= 15 is 0 Å². The third-order valence-corrected chi connectivity index (χ3v) is 9.22. The summed E-state index contributed by atoms with van der Waals surface area (Å²) < 4.78 is 1.69. The largest absolute Gasteiger partial charge is 0.478 e. The Hall–Kier alpha value is -4.51. The molecule has 6 N–H and O–H groups in total. The predicted molar refractivity (Wildman–Crippen MR) is 169 cm³/mol. The molecule has 246 valence electrons. The maximum Gasteiger partial charge on any atom is 0.352 e. The Balaban J connectivity index is 1.48. The number of hydrogen-bond donors (Lipinski definition) is 5. The minimum Gasteiger partial charge on any atom is -0.478 e. The number of thioether (sulfide) groups is 1. The number of nitrogens with two attached hydrogens (primary N) is 1. The molecule has 0 aliphatic carbocycles. The van der Waals surface area contributed by atoms with Gasteiger partial charge in [-0.05, 0) is 26.3 Å². The summed E-state index contributed by atoms with van der Waals surface area (Å²) in [5.74, 6) is -4.15. The number of nitrogen functional groups attached to an aromatic ring is 1. The number of nitrogens with one attached hydrogen (secondary N) is 2. The molecule has 2 aromatic rings. The predicted octanol–water partition coefficient (Wildman–Crippen LogP) is 1.35. The summed E-state index contributed by atoms with van der Waals surface area (Å²) in [5.41, 5.74) is 4.24.